The molecule has 14 heavy (non-hydrogen) atoms. The topological polar surface area (TPSA) is 20.2 Å². The minimum Gasteiger partial charge on any atom is -0.396 e. The summed E-state index contributed by atoms with van der Waals surface area (Å²) in [4.78, 5) is 0. The van der Waals surface area contributed by atoms with Crippen LogP contribution in [0, 0.1) is 10.8 Å². The molecular formula is C13H22O. The summed E-state index contributed by atoms with van der Waals surface area (Å²) in [7, 11) is 0. The van der Waals surface area contributed by atoms with Gasteiger partial charge in [0.2, 0.25) is 0 Å². The van der Waals surface area contributed by atoms with Gasteiger partial charge in [0.15, 0.2) is 0 Å². The molecule has 0 aliphatic heterocycles. The Morgan fingerprint density at radius 3 is 2.64 bits per heavy atom. The zero-order valence-electron chi connectivity index (χ0n) is 9.64. The van der Waals surface area contributed by atoms with E-state index in [1.165, 1.54) is 5.57 Å². The Hall–Kier alpha value is -0.560. The van der Waals surface area contributed by atoms with Crippen LogP contribution < -0.4 is 0 Å². The molecule has 80 valence electrons. The van der Waals surface area contributed by atoms with Crippen LogP contribution in [0.1, 0.15) is 40.0 Å². The van der Waals surface area contributed by atoms with Crippen molar-refractivity contribution in [1.29, 1.82) is 0 Å². The van der Waals surface area contributed by atoms with Crippen molar-refractivity contribution < 1.29 is 5.11 Å². The maximum Gasteiger partial charge on any atom is 0.0498 e. The van der Waals surface area contributed by atoms with E-state index < -0.39 is 0 Å². The maximum atomic E-state index is 9.62. The van der Waals surface area contributed by atoms with E-state index in [0.29, 0.717) is 0 Å². The van der Waals surface area contributed by atoms with Crippen LogP contribution in [0.15, 0.2) is 24.3 Å². The Bertz CT molecular complexity index is 250. The van der Waals surface area contributed by atoms with Gasteiger partial charge in [0.25, 0.3) is 0 Å². The van der Waals surface area contributed by atoms with Gasteiger partial charge in [-0.25, -0.2) is 0 Å². The molecule has 0 amide bonds. The fourth-order valence-electron chi connectivity index (χ4n) is 2.16. The molecule has 0 heterocycles. The third-order valence-corrected chi connectivity index (χ3v) is 4.02. The third-order valence-electron chi connectivity index (χ3n) is 4.02. The Morgan fingerprint density at radius 1 is 1.64 bits per heavy atom. The molecule has 1 unspecified atom stereocenters. The second kappa shape index (κ2) is 3.90. The molecule has 1 aliphatic rings. The van der Waals surface area contributed by atoms with E-state index in [1.807, 2.05) is 6.08 Å². The van der Waals surface area contributed by atoms with Crippen LogP contribution in [0.3, 0.4) is 0 Å². The monoisotopic (exact) mass is 194 g/mol. The van der Waals surface area contributed by atoms with E-state index in [1.54, 1.807) is 0 Å². The largest absolute Gasteiger partial charge is 0.396 e. The van der Waals surface area contributed by atoms with Gasteiger partial charge in [-0.15, -0.1) is 6.58 Å². The molecule has 0 spiro atoms. The predicted molar refractivity (Wildman–Crippen MR) is 61.1 cm³/mol. The summed E-state index contributed by atoms with van der Waals surface area (Å²) in [5.74, 6) is 0. The van der Waals surface area contributed by atoms with Crippen molar-refractivity contribution in [3.63, 3.8) is 0 Å². The zero-order chi connectivity index (χ0) is 10.8. The van der Waals surface area contributed by atoms with E-state index in [2.05, 4.69) is 33.4 Å². The number of hydrogen-bond donors (Lipinski definition) is 1. The molecule has 0 radical (unpaired) electrons. The molecule has 1 atom stereocenters. The van der Waals surface area contributed by atoms with Gasteiger partial charge in [-0.2, -0.15) is 0 Å². The number of hydrogen-bond acceptors (Lipinski definition) is 1. The number of allylic oxidation sites excluding steroid dienone is 3. The molecule has 0 aromatic heterocycles. The van der Waals surface area contributed by atoms with Crippen LogP contribution in [-0.2, 0) is 0 Å². The minimum atomic E-state index is 0.00819. The Balaban J connectivity index is 2.94. The molecule has 0 saturated carbocycles. The molecule has 0 aromatic carbocycles. The molecular weight excluding hydrogens is 172 g/mol. The predicted octanol–water partition coefficient (Wildman–Crippen LogP) is 3.31. The average Bonchev–Trinajstić information content (AvgIpc) is 2.19. The summed E-state index contributed by atoms with van der Waals surface area (Å²) in [5.41, 5.74) is 1.47. The summed E-state index contributed by atoms with van der Waals surface area (Å²) >= 11 is 0. The van der Waals surface area contributed by atoms with Crippen molar-refractivity contribution in [2.45, 2.75) is 40.0 Å². The summed E-state index contributed by atoms with van der Waals surface area (Å²) < 4.78 is 0. The summed E-state index contributed by atoms with van der Waals surface area (Å²) in [6.45, 7) is 10.7. The summed E-state index contributed by atoms with van der Waals surface area (Å²) in [5, 5.41) is 9.62. The number of aliphatic hydroxyl groups is 1. The van der Waals surface area contributed by atoms with Gasteiger partial charge in [-0.3, -0.25) is 0 Å². The average molecular weight is 194 g/mol. The van der Waals surface area contributed by atoms with E-state index in [0.717, 1.165) is 19.3 Å². The normalized spacial score (nSPS) is 28.4. The lowest BCUT2D eigenvalue weighted by Gasteiger charge is -2.46. The van der Waals surface area contributed by atoms with Crippen molar-refractivity contribution in [1.82, 2.24) is 0 Å². The highest BCUT2D eigenvalue weighted by molar-refractivity contribution is 5.13. The molecule has 1 heteroatoms. The lowest BCUT2D eigenvalue weighted by atomic mass is 9.59. The minimum absolute atomic E-state index is 0.00819. The van der Waals surface area contributed by atoms with Gasteiger partial charge < -0.3 is 5.11 Å². The molecule has 1 rings (SSSR count). The highest BCUT2D eigenvalue weighted by Crippen LogP contribution is 2.49. The maximum absolute atomic E-state index is 9.62. The van der Waals surface area contributed by atoms with E-state index in [-0.39, 0.29) is 17.4 Å². The van der Waals surface area contributed by atoms with Crippen molar-refractivity contribution in [2.24, 2.45) is 10.8 Å². The van der Waals surface area contributed by atoms with Crippen LogP contribution in [0.4, 0.5) is 0 Å². The number of aliphatic hydroxyl groups excluding tert-OH is 1. The first-order valence-corrected chi connectivity index (χ1v) is 5.37. The highest BCUT2D eigenvalue weighted by atomic mass is 16.3. The molecule has 1 N–H and O–H groups in total. The van der Waals surface area contributed by atoms with Crippen molar-refractivity contribution in [3.8, 4) is 0 Å². The fourth-order valence-corrected chi connectivity index (χ4v) is 2.16. The van der Waals surface area contributed by atoms with Crippen molar-refractivity contribution >= 4 is 0 Å². The Morgan fingerprint density at radius 2 is 2.29 bits per heavy atom. The summed E-state index contributed by atoms with van der Waals surface area (Å²) in [6, 6.07) is 0. The van der Waals surface area contributed by atoms with Gasteiger partial charge in [-0.1, -0.05) is 31.6 Å². The lowest BCUT2D eigenvalue weighted by Crippen LogP contribution is -2.40. The summed E-state index contributed by atoms with van der Waals surface area (Å²) in [6.07, 6.45) is 7.42. The third kappa shape index (κ3) is 1.78. The van der Waals surface area contributed by atoms with E-state index >= 15 is 0 Å². The van der Waals surface area contributed by atoms with Gasteiger partial charge in [0.05, 0.1) is 0 Å². The first kappa shape index (κ1) is 11.5. The highest BCUT2D eigenvalue weighted by Gasteiger charge is 2.42. The fraction of sp³-hybridized carbons (Fsp3) is 0.692. The van der Waals surface area contributed by atoms with Gasteiger partial charge in [-0.05, 0) is 31.6 Å². The Labute approximate surface area is 87.5 Å². The second-order valence-electron chi connectivity index (χ2n) is 5.12. The number of rotatable bonds is 3. The van der Waals surface area contributed by atoms with Crippen LogP contribution >= 0.6 is 0 Å². The second-order valence-corrected chi connectivity index (χ2v) is 5.12. The molecule has 0 bridgehead atoms. The first-order chi connectivity index (χ1) is 6.47. The van der Waals surface area contributed by atoms with Crippen LogP contribution in [-0.4, -0.2) is 11.7 Å². The molecule has 1 aliphatic carbocycles. The molecule has 0 saturated heterocycles. The van der Waals surface area contributed by atoms with Crippen molar-refractivity contribution in [3.05, 3.63) is 24.3 Å². The first-order valence-electron chi connectivity index (χ1n) is 5.37. The van der Waals surface area contributed by atoms with Crippen LogP contribution in [0.25, 0.3) is 0 Å². The van der Waals surface area contributed by atoms with Crippen LogP contribution in [0.5, 0.6) is 0 Å². The van der Waals surface area contributed by atoms with Gasteiger partial charge >= 0.3 is 0 Å². The standard InChI is InChI=1S/C13H22O/c1-5-12(3,4)13(10-14)8-6-11(2)7-9-13/h5-6,14H,1,7-10H2,2-4H3. The molecule has 0 aromatic rings. The molecule has 0 fully saturated rings. The Kier molecular flexibility index (Phi) is 3.20. The van der Waals surface area contributed by atoms with E-state index in [4.69, 9.17) is 0 Å². The lowest BCUT2D eigenvalue weighted by molar-refractivity contribution is 0.0236. The SMILES string of the molecule is C=CC(C)(C)C1(CO)CC=C(C)CC1. The van der Waals surface area contributed by atoms with Crippen molar-refractivity contribution in [2.75, 3.05) is 6.61 Å². The van der Waals surface area contributed by atoms with Crippen LogP contribution in [0.2, 0.25) is 0 Å². The molecule has 1 nitrogen and oxygen atoms in total. The van der Waals surface area contributed by atoms with E-state index in [9.17, 15) is 5.11 Å². The quantitative estimate of drug-likeness (QED) is 0.683. The smallest absolute Gasteiger partial charge is 0.0498 e. The zero-order valence-corrected chi connectivity index (χ0v) is 9.64. The van der Waals surface area contributed by atoms with Gasteiger partial charge in [0.1, 0.15) is 0 Å². The van der Waals surface area contributed by atoms with Gasteiger partial charge in [0, 0.05) is 12.0 Å².